The van der Waals surface area contributed by atoms with Crippen LogP contribution in [-0.2, 0) is 0 Å². The van der Waals surface area contributed by atoms with Crippen molar-refractivity contribution in [3.8, 4) is 0 Å². The lowest BCUT2D eigenvalue weighted by Gasteiger charge is -2.18. The summed E-state index contributed by atoms with van der Waals surface area (Å²) in [5, 5.41) is 9.87. The van der Waals surface area contributed by atoms with E-state index in [-0.39, 0.29) is 0 Å². The average Bonchev–Trinajstić information content (AvgIpc) is 2.23. The SMILES string of the molecule is C=C1C=CC=C(c2ccccc2)C1O. The van der Waals surface area contributed by atoms with Crippen LogP contribution in [0, 0.1) is 0 Å². The van der Waals surface area contributed by atoms with Crippen LogP contribution in [0.1, 0.15) is 5.56 Å². The van der Waals surface area contributed by atoms with Gasteiger partial charge in [0.25, 0.3) is 0 Å². The first-order chi connectivity index (χ1) is 6.79. The zero-order valence-electron chi connectivity index (χ0n) is 7.85. The molecular weight excluding hydrogens is 172 g/mol. The van der Waals surface area contributed by atoms with E-state index >= 15 is 0 Å². The molecule has 1 atom stereocenters. The fourth-order valence-corrected chi connectivity index (χ4v) is 1.54. The summed E-state index contributed by atoms with van der Waals surface area (Å²) in [4.78, 5) is 0. The van der Waals surface area contributed by atoms with E-state index in [0.29, 0.717) is 0 Å². The molecule has 0 saturated heterocycles. The standard InChI is InChI=1S/C13H12O/c1-10-6-5-9-12(13(10)14)11-7-3-2-4-8-11/h2-9,13-14H,1H2. The van der Waals surface area contributed by atoms with Gasteiger partial charge in [0, 0.05) is 0 Å². The maximum atomic E-state index is 9.87. The molecule has 1 unspecified atom stereocenters. The number of benzene rings is 1. The van der Waals surface area contributed by atoms with E-state index in [1.807, 2.05) is 48.6 Å². The predicted octanol–water partition coefficient (Wildman–Crippen LogP) is 2.56. The Hall–Kier alpha value is -1.60. The molecule has 0 aliphatic heterocycles. The van der Waals surface area contributed by atoms with Crippen LogP contribution in [0.4, 0.5) is 0 Å². The Morgan fingerprint density at radius 3 is 2.57 bits per heavy atom. The minimum Gasteiger partial charge on any atom is -0.384 e. The fraction of sp³-hybridized carbons (Fsp3) is 0.0769. The smallest absolute Gasteiger partial charge is 0.104 e. The van der Waals surface area contributed by atoms with Crippen molar-refractivity contribution in [2.75, 3.05) is 0 Å². The Morgan fingerprint density at radius 2 is 1.86 bits per heavy atom. The Labute approximate surface area is 83.7 Å². The van der Waals surface area contributed by atoms with Crippen LogP contribution in [0.25, 0.3) is 5.57 Å². The van der Waals surface area contributed by atoms with Gasteiger partial charge in [0.1, 0.15) is 6.10 Å². The normalized spacial score (nSPS) is 20.8. The van der Waals surface area contributed by atoms with Crippen molar-refractivity contribution >= 4 is 5.57 Å². The first-order valence-electron chi connectivity index (χ1n) is 4.59. The van der Waals surface area contributed by atoms with E-state index in [1.54, 1.807) is 0 Å². The molecule has 0 radical (unpaired) electrons. The van der Waals surface area contributed by atoms with Gasteiger partial charge in [-0.1, -0.05) is 55.1 Å². The highest BCUT2D eigenvalue weighted by molar-refractivity contribution is 5.75. The molecule has 0 heterocycles. The van der Waals surface area contributed by atoms with Gasteiger partial charge < -0.3 is 5.11 Å². The molecule has 0 fully saturated rings. The van der Waals surface area contributed by atoms with Gasteiger partial charge in [0.15, 0.2) is 0 Å². The fourth-order valence-electron chi connectivity index (χ4n) is 1.54. The van der Waals surface area contributed by atoms with Gasteiger partial charge in [-0.25, -0.2) is 0 Å². The molecule has 1 heteroatoms. The molecule has 14 heavy (non-hydrogen) atoms. The van der Waals surface area contributed by atoms with Crippen LogP contribution in [0.15, 0.2) is 60.7 Å². The van der Waals surface area contributed by atoms with Crippen LogP contribution in [0.2, 0.25) is 0 Å². The number of hydrogen-bond acceptors (Lipinski definition) is 1. The maximum Gasteiger partial charge on any atom is 0.104 e. The highest BCUT2D eigenvalue weighted by Crippen LogP contribution is 2.25. The summed E-state index contributed by atoms with van der Waals surface area (Å²) in [6.07, 6.45) is 5.10. The van der Waals surface area contributed by atoms with Gasteiger partial charge in [-0.15, -0.1) is 0 Å². The molecule has 1 N–H and O–H groups in total. The number of hydrogen-bond donors (Lipinski definition) is 1. The van der Waals surface area contributed by atoms with Crippen molar-refractivity contribution in [3.05, 3.63) is 66.3 Å². The zero-order chi connectivity index (χ0) is 9.97. The molecule has 2 rings (SSSR count). The predicted molar refractivity (Wildman–Crippen MR) is 58.7 cm³/mol. The topological polar surface area (TPSA) is 20.2 Å². The Morgan fingerprint density at radius 1 is 1.14 bits per heavy atom. The third kappa shape index (κ3) is 1.54. The first kappa shape index (κ1) is 8.97. The number of allylic oxidation sites excluding steroid dienone is 2. The number of aliphatic hydroxyl groups excluding tert-OH is 1. The third-order valence-electron chi connectivity index (χ3n) is 2.34. The minimum atomic E-state index is -0.567. The van der Waals surface area contributed by atoms with Crippen molar-refractivity contribution in [1.82, 2.24) is 0 Å². The molecule has 0 saturated carbocycles. The van der Waals surface area contributed by atoms with Crippen molar-refractivity contribution < 1.29 is 5.11 Å². The molecule has 1 aliphatic rings. The molecule has 0 aromatic heterocycles. The van der Waals surface area contributed by atoms with Crippen LogP contribution in [0.5, 0.6) is 0 Å². The van der Waals surface area contributed by atoms with Crippen molar-refractivity contribution in [2.24, 2.45) is 0 Å². The lowest BCUT2D eigenvalue weighted by atomic mass is 9.92. The van der Waals surface area contributed by atoms with Gasteiger partial charge in [-0.3, -0.25) is 0 Å². The lowest BCUT2D eigenvalue weighted by molar-refractivity contribution is 0.271. The van der Waals surface area contributed by atoms with Crippen molar-refractivity contribution in [2.45, 2.75) is 6.10 Å². The summed E-state index contributed by atoms with van der Waals surface area (Å²) in [7, 11) is 0. The molecule has 1 aromatic carbocycles. The lowest BCUT2D eigenvalue weighted by Crippen LogP contribution is -2.12. The van der Waals surface area contributed by atoms with E-state index < -0.39 is 6.10 Å². The molecule has 0 bridgehead atoms. The van der Waals surface area contributed by atoms with Crippen LogP contribution < -0.4 is 0 Å². The van der Waals surface area contributed by atoms with Gasteiger partial charge in [-0.05, 0) is 16.7 Å². The van der Waals surface area contributed by atoms with Crippen LogP contribution in [0.3, 0.4) is 0 Å². The van der Waals surface area contributed by atoms with Crippen molar-refractivity contribution in [3.63, 3.8) is 0 Å². The maximum absolute atomic E-state index is 9.87. The van der Waals surface area contributed by atoms with Crippen LogP contribution >= 0.6 is 0 Å². The van der Waals surface area contributed by atoms with Gasteiger partial charge in [0.05, 0.1) is 0 Å². The summed E-state index contributed by atoms with van der Waals surface area (Å²) in [5.41, 5.74) is 2.70. The van der Waals surface area contributed by atoms with E-state index in [4.69, 9.17) is 0 Å². The Balaban J connectivity index is 2.40. The second-order valence-corrected chi connectivity index (χ2v) is 3.32. The molecular formula is C13H12O. The molecule has 0 amide bonds. The van der Waals surface area contributed by atoms with E-state index in [2.05, 4.69) is 6.58 Å². The van der Waals surface area contributed by atoms with E-state index in [0.717, 1.165) is 16.7 Å². The zero-order valence-corrected chi connectivity index (χ0v) is 7.85. The molecule has 70 valence electrons. The molecule has 0 spiro atoms. The van der Waals surface area contributed by atoms with Crippen molar-refractivity contribution in [1.29, 1.82) is 0 Å². The highest BCUT2D eigenvalue weighted by Gasteiger charge is 2.16. The summed E-state index contributed by atoms with van der Waals surface area (Å²) in [6.45, 7) is 3.79. The number of aliphatic hydroxyl groups is 1. The summed E-state index contributed by atoms with van der Waals surface area (Å²) in [6, 6.07) is 9.86. The van der Waals surface area contributed by atoms with Crippen LogP contribution in [-0.4, -0.2) is 11.2 Å². The summed E-state index contributed by atoms with van der Waals surface area (Å²) >= 11 is 0. The molecule has 1 nitrogen and oxygen atoms in total. The Kier molecular flexibility index (Phi) is 2.33. The largest absolute Gasteiger partial charge is 0.384 e. The summed E-state index contributed by atoms with van der Waals surface area (Å²) in [5.74, 6) is 0. The summed E-state index contributed by atoms with van der Waals surface area (Å²) < 4.78 is 0. The number of rotatable bonds is 1. The molecule has 1 aliphatic carbocycles. The average molecular weight is 184 g/mol. The second-order valence-electron chi connectivity index (χ2n) is 3.32. The monoisotopic (exact) mass is 184 g/mol. The Bertz CT molecular complexity index is 399. The van der Waals surface area contributed by atoms with E-state index in [9.17, 15) is 5.11 Å². The third-order valence-corrected chi connectivity index (χ3v) is 2.34. The highest BCUT2D eigenvalue weighted by atomic mass is 16.3. The molecule has 1 aromatic rings. The second kappa shape index (κ2) is 3.64. The quantitative estimate of drug-likeness (QED) is 0.711. The van der Waals surface area contributed by atoms with Gasteiger partial charge >= 0.3 is 0 Å². The van der Waals surface area contributed by atoms with Gasteiger partial charge in [-0.2, -0.15) is 0 Å². The first-order valence-corrected chi connectivity index (χ1v) is 4.59. The van der Waals surface area contributed by atoms with Gasteiger partial charge in [0.2, 0.25) is 0 Å². The van der Waals surface area contributed by atoms with E-state index in [1.165, 1.54) is 0 Å². The minimum absolute atomic E-state index is 0.567.